The van der Waals surface area contributed by atoms with Gasteiger partial charge in [0.15, 0.2) is 0 Å². The standard InChI is InChI=1S/C15H28N2O4/c1-2-3-11-21-12-8-16-15(20)17-9-6-13(7-10-17)4-5-14(18)19/h13H,2-12H2,1H3,(H,16,20)(H,18,19). The summed E-state index contributed by atoms with van der Waals surface area (Å²) in [5.74, 6) is -0.305. The fourth-order valence-corrected chi connectivity index (χ4v) is 2.44. The largest absolute Gasteiger partial charge is 0.481 e. The van der Waals surface area contributed by atoms with Crippen molar-refractivity contribution in [3.8, 4) is 0 Å². The van der Waals surface area contributed by atoms with Crippen molar-refractivity contribution in [1.29, 1.82) is 0 Å². The predicted molar refractivity (Wildman–Crippen MR) is 80.3 cm³/mol. The van der Waals surface area contributed by atoms with Crippen LogP contribution in [0.25, 0.3) is 0 Å². The second-order valence-electron chi connectivity index (χ2n) is 5.56. The number of rotatable bonds is 9. The Balaban J connectivity index is 2.07. The number of hydrogen-bond donors (Lipinski definition) is 2. The number of aliphatic carboxylic acids is 1. The van der Waals surface area contributed by atoms with E-state index in [2.05, 4.69) is 12.2 Å². The molecule has 2 N–H and O–H groups in total. The van der Waals surface area contributed by atoms with Crippen molar-refractivity contribution in [2.45, 2.75) is 45.4 Å². The van der Waals surface area contributed by atoms with E-state index in [1.54, 1.807) is 0 Å². The van der Waals surface area contributed by atoms with Gasteiger partial charge in [0.2, 0.25) is 0 Å². The zero-order chi connectivity index (χ0) is 15.5. The molecular formula is C15H28N2O4. The molecule has 1 aliphatic rings. The number of amides is 2. The van der Waals surface area contributed by atoms with Crippen LogP contribution < -0.4 is 5.32 Å². The SMILES string of the molecule is CCCCOCCNC(=O)N1CCC(CCC(=O)O)CC1. The monoisotopic (exact) mass is 300 g/mol. The Morgan fingerprint density at radius 2 is 2.00 bits per heavy atom. The van der Waals surface area contributed by atoms with Crippen molar-refractivity contribution in [3.05, 3.63) is 0 Å². The summed E-state index contributed by atoms with van der Waals surface area (Å²) in [5, 5.41) is 11.5. The molecule has 1 fully saturated rings. The van der Waals surface area contributed by atoms with Crippen molar-refractivity contribution < 1.29 is 19.4 Å². The molecule has 0 unspecified atom stereocenters. The Hall–Kier alpha value is -1.30. The van der Waals surface area contributed by atoms with Crippen LogP contribution in [-0.2, 0) is 9.53 Å². The maximum absolute atomic E-state index is 11.9. The Morgan fingerprint density at radius 1 is 1.29 bits per heavy atom. The van der Waals surface area contributed by atoms with Crippen LogP contribution in [0.4, 0.5) is 4.79 Å². The van der Waals surface area contributed by atoms with Crippen LogP contribution in [0.15, 0.2) is 0 Å². The number of carbonyl (C=O) groups excluding carboxylic acids is 1. The first-order chi connectivity index (χ1) is 10.1. The quantitative estimate of drug-likeness (QED) is 0.639. The molecule has 6 heteroatoms. The maximum Gasteiger partial charge on any atom is 0.317 e. The molecule has 0 radical (unpaired) electrons. The number of likely N-dealkylation sites (tertiary alicyclic amines) is 1. The molecule has 0 bridgehead atoms. The number of unbranched alkanes of at least 4 members (excludes halogenated alkanes) is 1. The van der Waals surface area contributed by atoms with Gasteiger partial charge in [-0.25, -0.2) is 4.79 Å². The van der Waals surface area contributed by atoms with Crippen molar-refractivity contribution >= 4 is 12.0 Å². The van der Waals surface area contributed by atoms with Crippen molar-refractivity contribution in [2.75, 3.05) is 32.8 Å². The van der Waals surface area contributed by atoms with Gasteiger partial charge in [-0.3, -0.25) is 4.79 Å². The number of carboxylic acids is 1. The van der Waals surface area contributed by atoms with Gasteiger partial charge < -0.3 is 20.1 Å². The van der Waals surface area contributed by atoms with Gasteiger partial charge in [-0.1, -0.05) is 13.3 Å². The van der Waals surface area contributed by atoms with Crippen LogP contribution in [0.3, 0.4) is 0 Å². The average molecular weight is 300 g/mol. The lowest BCUT2D eigenvalue weighted by atomic mass is 9.92. The molecule has 0 aromatic heterocycles. The van der Waals surface area contributed by atoms with Crippen molar-refractivity contribution in [2.24, 2.45) is 5.92 Å². The van der Waals surface area contributed by atoms with E-state index in [0.717, 1.165) is 38.7 Å². The number of urea groups is 1. The summed E-state index contributed by atoms with van der Waals surface area (Å²) in [6.07, 6.45) is 4.91. The minimum absolute atomic E-state index is 0.0363. The van der Waals surface area contributed by atoms with Crippen molar-refractivity contribution in [1.82, 2.24) is 10.2 Å². The molecular weight excluding hydrogens is 272 g/mol. The van der Waals surface area contributed by atoms with E-state index < -0.39 is 5.97 Å². The highest BCUT2D eigenvalue weighted by atomic mass is 16.5. The molecule has 0 aromatic carbocycles. The van der Waals surface area contributed by atoms with E-state index in [1.807, 2.05) is 4.90 Å². The van der Waals surface area contributed by atoms with Gasteiger partial charge >= 0.3 is 12.0 Å². The van der Waals surface area contributed by atoms with Gasteiger partial charge in [0.25, 0.3) is 0 Å². The van der Waals surface area contributed by atoms with Crippen LogP contribution in [0.1, 0.15) is 45.4 Å². The van der Waals surface area contributed by atoms with Crippen LogP contribution in [0.2, 0.25) is 0 Å². The average Bonchev–Trinajstić information content (AvgIpc) is 2.49. The van der Waals surface area contributed by atoms with E-state index in [4.69, 9.17) is 9.84 Å². The third kappa shape index (κ3) is 7.90. The molecule has 0 saturated carbocycles. The number of carbonyl (C=O) groups is 2. The summed E-state index contributed by atoms with van der Waals surface area (Å²) in [6, 6.07) is -0.0363. The molecule has 0 aliphatic carbocycles. The van der Waals surface area contributed by atoms with Crippen LogP contribution in [0.5, 0.6) is 0 Å². The third-order valence-electron chi connectivity index (χ3n) is 3.83. The second kappa shape index (κ2) is 10.4. The summed E-state index contributed by atoms with van der Waals surface area (Å²) < 4.78 is 5.39. The van der Waals surface area contributed by atoms with E-state index in [1.165, 1.54) is 0 Å². The van der Waals surface area contributed by atoms with Gasteiger partial charge in [0.05, 0.1) is 6.61 Å². The normalized spacial score (nSPS) is 16.0. The molecule has 0 aromatic rings. The Morgan fingerprint density at radius 3 is 2.62 bits per heavy atom. The third-order valence-corrected chi connectivity index (χ3v) is 3.83. The number of nitrogens with one attached hydrogen (secondary N) is 1. The molecule has 2 amide bonds. The lowest BCUT2D eigenvalue weighted by Gasteiger charge is -2.31. The summed E-state index contributed by atoms with van der Waals surface area (Å²) in [6.45, 7) is 5.40. The fourth-order valence-electron chi connectivity index (χ4n) is 2.44. The lowest BCUT2D eigenvalue weighted by molar-refractivity contribution is -0.137. The molecule has 1 saturated heterocycles. The highest BCUT2D eigenvalue weighted by Gasteiger charge is 2.22. The van der Waals surface area contributed by atoms with E-state index in [0.29, 0.717) is 32.2 Å². The zero-order valence-electron chi connectivity index (χ0n) is 13.0. The summed E-state index contributed by atoms with van der Waals surface area (Å²) in [7, 11) is 0. The van der Waals surface area contributed by atoms with Gasteiger partial charge in [0, 0.05) is 32.7 Å². The molecule has 1 heterocycles. The highest BCUT2D eigenvalue weighted by molar-refractivity contribution is 5.74. The molecule has 1 rings (SSSR count). The number of nitrogens with zero attached hydrogens (tertiary/aromatic N) is 1. The number of carboxylic acid groups (broad SMARTS) is 1. The van der Waals surface area contributed by atoms with E-state index in [9.17, 15) is 9.59 Å². The minimum atomic E-state index is -0.738. The molecule has 21 heavy (non-hydrogen) atoms. The summed E-state index contributed by atoms with van der Waals surface area (Å²) in [5.41, 5.74) is 0. The minimum Gasteiger partial charge on any atom is -0.481 e. The number of ether oxygens (including phenoxy) is 1. The van der Waals surface area contributed by atoms with Gasteiger partial charge in [-0.15, -0.1) is 0 Å². The van der Waals surface area contributed by atoms with Gasteiger partial charge in [-0.05, 0) is 31.6 Å². The first kappa shape index (κ1) is 17.8. The number of piperidine rings is 1. The fraction of sp³-hybridized carbons (Fsp3) is 0.867. The molecule has 6 nitrogen and oxygen atoms in total. The summed E-state index contributed by atoms with van der Waals surface area (Å²) >= 11 is 0. The summed E-state index contributed by atoms with van der Waals surface area (Å²) in [4.78, 5) is 24.3. The smallest absolute Gasteiger partial charge is 0.317 e. The van der Waals surface area contributed by atoms with Crippen LogP contribution in [-0.4, -0.2) is 54.9 Å². The maximum atomic E-state index is 11.9. The second-order valence-corrected chi connectivity index (χ2v) is 5.56. The Bertz CT molecular complexity index is 315. The van der Waals surface area contributed by atoms with E-state index in [-0.39, 0.29) is 12.5 Å². The highest BCUT2D eigenvalue weighted by Crippen LogP contribution is 2.21. The molecule has 0 atom stereocenters. The Labute approximate surface area is 126 Å². The first-order valence-corrected chi connectivity index (χ1v) is 7.95. The lowest BCUT2D eigenvalue weighted by Crippen LogP contribution is -2.45. The first-order valence-electron chi connectivity index (χ1n) is 7.95. The predicted octanol–water partition coefficient (Wildman–Crippen LogP) is 2.09. The molecule has 1 aliphatic heterocycles. The van der Waals surface area contributed by atoms with Crippen LogP contribution in [0, 0.1) is 5.92 Å². The molecule has 0 spiro atoms. The zero-order valence-corrected chi connectivity index (χ0v) is 13.0. The van der Waals surface area contributed by atoms with Gasteiger partial charge in [0.1, 0.15) is 0 Å². The molecule has 122 valence electrons. The van der Waals surface area contributed by atoms with E-state index >= 15 is 0 Å². The van der Waals surface area contributed by atoms with Crippen molar-refractivity contribution in [3.63, 3.8) is 0 Å². The Kier molecular flexibility index (Phi) is 8.82. The number of hydrogen-bond acceptors (Lipinski definition) is 3. The van der Waals surface area contributed by atoms with Crippen LogP contribution >= 0.6 is 0 Å². The van der Waals surface area contributed by atoms with Gasteiger partial charge in [-0.2, -0.15) is 0 Å². The topological polar surface area (TPSA) is 78.9 Å².